The second-order valence-electron chi connectivity index (χ2n) is 8.51. The van der Waals surface area contributed by atoms with E-state index in [1.54, 1.807) is 0 Å². The summed E-state index contributed by atoms with van der Waals surface area (Å²) in [5.74, 6) is 0. The predicted molar refractivity (Wildman–Crippen MR) is 138 cm³/mol. The maximum Gasteiger partial charge on any atom is 0.0731 e. The van der Waals surface area contributed by atoms with E-state index in [-0.39, 0.29) is 0 Å². The Morgan fingerprint density at radius 1 is 0.938 bits per heavy atom. The maximum absolute atomic E-state index is 6.64. The molecule has 1 aliphatic heterocycles. The topological polar surface area (TPSA) is 19.4 Å². The van der Waals surface area contributed by atoms with Crippen molar-refractivity contribution < 1.29 is 0 Å². The average molecular weight is 446 g/mol. The van der Waals surface area contributed by atoms with Crippen LogP contribution in [0.25, 0.3) is 27.9 Å². The highest BCUT2D eigenvalue weighted by Gasteiger charge is 2.19. The van der Waals surface area contributed by atoms with Crippen LogP contribution < -0.4 is 0 Å². The van der Waals surface area contributed by atoms with Crippen molar-refractivity contribution in [3.8, 4) is 11.3 Å². The van der Waals surface area contributed by atoms with Crippen LogP contribution in [0.4, 0.5) is 0 Å². The van der Waals surface area contributed by atoms with Crippen molar-refractivity contribution in [3.63, 3.8) is 0 Å². The highest BCUT2D eigenvalue weighted by molar-refractivity contribution is 6.35. The van der Waals surface area contributed by atoms with Crippen molar-refractivity contribution in [1.29, 1.82) is 0 Å². The fourth-order valence-corrected chi connectivity index (χ4v) is 4.61. The molecule has 0 saturated carbocycles. The van der Waals surface area contributed by atoms with Gasteiger partial charge in [-0.3, -0.25) is 0 Å². The van der Waals surface area contributed by atoms with Crippen molar-refractivity contribution >= 4 is 28.2 Å². The fraction of sp³-hybridized carbons (Fsp3) is 0.321. The first-order chi connectivity index (χ1) is 15.5. The zero-order valence-electron chi connectivity index (χ0n) is 19.2. The van der Waals surface area contributed by atoms with Crippen LogP contribution in [0.5, 0.6) is 0 Å². The van der Waals surface area contributed by atoms with Crippen LogP contribution >= 0.6 is 11.6 Å². The van der Waals surface area contributed by atoms with Gasteiger partial charge in [0.25, 0.3) is 0 Å². The summed E-state index contributed by atoms with van der Waals surface area (Å²) >= 11 is 6.64. The SMILES string of the molecule is C=C(CCC)N1CCN(C(=C)c2ccc3c(Cl)cc(-c4ccc(CC)cc4)nc3c2)CC1. The number of piperazine rings is 1. The molecule has 0 radical (unpaired) electrons. The Morgan fingerprint density at radius 2 is 1.62 bits per heavy atom. The van der Waals surface area contributed by atoms with Gasteiger partial charge in [0.15, 0.2) is 0 Å². The van der Waals surface area contributed by atoms with Crippen LogP contribution in [0.1, 0.15) is 37.8 Å². The molecule has 4 heteroatoms. The molecule has 1 aromatic heterocycles. The summed E-state index contributed by atoms with van der Waals surface area (Å²) in [6.07, 6.45) is 3.24. The number of rotatable bonds is 7. The first-order valence-corrected chi connectivity index (χ1v) is 11.9. The Balaban J connectivity index is 1.56. The van der Waals surface area contributed by atoms with E-state index in [9.17, 15) is 0 Å². The van der Waals surface area contributed by atoms with Crippen LogP contribution in [0.15, 0.2) is 67.4 Å². The van der Waals surface area contributed by atoms with E-state index in [1.165, 1.54) is 11.3 Å². The molecule has 0 N–H and O–H groups in total. The quantitative estimate of drug-likeness (QED) is 0.389. The third kappa shape index (κ3) is 4.68. The van der Waals surface area contributed by atoms with Crippen LogP contribution in [-0.4, -0.2) is 41.0 Å². The van der Waals surface area contributed by atoms with Gasteiger partial charge in [-0.1, -0.05) is 81.4 Å². The molecular formula is C28H32ClN3. The van der Waals surface area contributed by atoms with Crippen LogP contribution in [-0.2, 0) is 6.42 Å². The second kappa shape index (κ2) is 9.79. The van der Waals surface area contributed by atoms with E-state index in [0.29, 0.717) is 0 Å². The summed E-state index contributed by atoms with van der Waals surface area (Å²) in [5, 5.41) is 1.70. The van der Waals surface area contributed by atoms with E-state index in [0.717, 1.165) is 83.9 Å². The molecule has 166 valence electrons. The number of aromatic nitrogens is 1. The Kier molecular flexibility index (Phi) is 6.86. The van der Waals surface area contributed by atoms with Gasteiger partial charge in [-0.05, 0) is 36.1 Å². The fourth-order valence-electron chi connectivity index (χ4n) is 4.35. The van der Waals surface area contributed by atoms with Gasteiger partial charge in [0, 0.05) is 48.5 Å². The summed E-state index contributed by atoms with van der Waals surface area (Å²) in [6.45, 7) is 16.9. The lowest BCUT2D eigenvalue weighted by atomic mass is 10.0. The normalized spacial score (nSPS) is 14.1. The van der Waals surface area contributed by atoms with Gasteiger partial charge >= 0.3 is 0 Å². The Morgan fingerprint density at radius 3 is 2.28 bits per heavy atom. The third-order valence-corrected chi connectivity index (χ3v) is 6.71. The number of fused-ring (bicyclic) bond motifs is 1. The first-order valence-electron chi connectivity index (χ1n) is 11.6. The molecular weight excluding hydrogens is 414 g/mol. The van der Waals surface area contributed by atoms with Crippen molar-refractivity contribution in [2.45, 2.75) is 33.1 Å². The molecule has 0 amide bonds. The Labute approximate surface area is 197 Å². The Hall–Kier alpha value is -2.78. The summed E-state index contributed by atoms with van der Waals surface area (Å²) in [5.41, 5.74) is 7.60. The van der Waals surface area contributed by atoms with E-state index in [1.807, 2.05) is 6.07 Å². The zero-order valence-corrected chi connectivity index (χ0v) is 20.0. The number of aryl methyl sites for hydroxylation is 1. The monoisotopic (exact) mass is 445 g/mol. The maximum atomic E-state index is 6.64. The van der Waals surface area contributed by atoms with E-state index >= 15 is 0 Å². The van der Waals surface area contributed by atoms with Gasteiger partial charge in [0.1, 0.15) is 0 Å². The van der Waals surface area contributed by atoms with Crippen LogP contribution in [0, 0.1) is 0 Å². The molecule has 0 atom stereocenters. The molecule has 1 fully saturated rings. The molecule has 2 heterocycles. The van der Waals surface area contributed by atoms with Crippen molar-refractivity contribution in [1.82, 2.24) is 14.8 Å². The smallest absolute Gasteiger partial charge is 0.0731 e. The molecule has 0 aliphatic carbocycles. The summed E-state index contributed by atoms with van der Waals surface area (Å²) in [6, 6.07) is 16.8. The second-order valence-corrected chi connectivity index (χ2v) is 8.92. The molecule has 3 aromatic rings. The van der Waals surface area contributed by atoms with Gasteiger partial charge in [-0.25, -0.2) is 4.98 Å². The molecule has 0 spiro atoms. The average Bonchev–Trinajstić information content (AvgIpc) is 2.83. The van der Waals surface area contributed by atoms with E-state index < -0.39 is 0 Å². The molecule has 3 nitrogen and oxygen atoms in total. The summed E-state index contributed by atoms with van der Waals surface area (Å²) in [7, 11) is 0. The number of nitrogens with zero attached hydrogens (tertiary/aromatic N) is 3. The zero-order chi connectivity index (χ0) is 22.7. The largest absolute Gasteiger partial charge is 0.372 e. The number of benzene rings is 2. The number of pyridine rings is 1. The summed E-state index contributed by atoms with van der Waals surface area (Å²) in [4.78, 5) is 9.72. The number of halogens is 1. The summed E-state index contributed by atoms with van der Waals surface area (Å²) < 4.78 is 0. The third-order valence-electron chi connectivity index (χ3n) is 6.40. The lowest BCUT2D eigenvalue weighted by Crippen LogP contribution is -2.44. The highest BCUT2D eigenvalue weighted by Crippen LogP contribution is 2.31. The minimum Gasteiger partial charge on any atom is -0.372 e. The minimum atomic E-state index is 0.727. The van der Waals surface area contributed by atoms with E-state index in [2.05, 4.69) is 79.3 Å². The molecule has 2 aromatic carbocycles. The number of hydrogen-bond donors (Lipinski definition) is 0. The number of hydrogen-bond acceptors (Lipinski definition) is 3. The lowest BCUT2D eigenvalue weighted by Gasteiger charge is -2.39. The molecule has 1 saturated heterocycles. The molecule has 0 bridgehead atoms. The van der Waals surface area contributed by atoms with Crippen molar-refractivity contribution in [2.75, 3.05) is 26.2 Å². The highest BCUT2D eigenvalue weighted by atomic mass is 35.5. The van der Waals surface area contributed by atoms with Gasteiger partial charge in [0.2, 0.25) is 0 Å². The molecule has 0 unspecified atom stereocenters. The van der Waals surface area contributed by atoms with Crippen molar-refractivity contribution in [3.05, 3.63) is 83.5 Å². The van der Waals surface area contributed by atoms with Crippen molar-refractivity contribution in [2.24, 2.45) is 0 Å². The predicted octanol–water partition coefficient (Wildman–Crippen LogP) is 7.02. The molecule has 32 heavy (non-hydrogen) atoms. The Bertz CT molecular complexity index is 1130. The minimum absolute atomic E-state index is 0.727. The van der Waals surface area contributed by atoms with Gasteiger partial charge in [0.05, 0.1) is 16.2 Å². The van der Waals surface area contributed by atoms with Gasteiger partial charge < -0.3 is 9.80 Å². The molecule has 1 aliphatic rings. The standard InChI is InChI=1S/C28H32ClN3/c1-5-7-20(3)31-14-16-32(17-15-31)21(4)24-12-13-25-26(29)19-27(30-28(25)18-24)23-10-8-22(6-2)9-11-23/h8-13,18-19H,3-7,14-17H2,1-2H3. The number of allylic oxidation sites excluding steroid dienone is 1. The van der Waals surface area contributed by atoms with Gasteiger partial charge in [-0.2, -0.15) is 0 Å². The lowest BCUT2D eigenvalue weighted by molar-refractivity contribution is 0.209. The first kappa shape index (κ1) is 22.4. The van der Waals surface area contributed by atoms with E-state index in [4.69, 9.17) is 16.6 Å². The van der Waals surface area contributed by atoms with Crippen LogP contribution in [0.2, 0.25) is 5.02 Å². The van der Waals surface area contributed by atoms with Crippen LogP contribution in [0.3, 0.4) is 0 Å². The van der Waals surface area contributed by atoms with Gasteiger partial charge in [-0.15, -0.1) is 0 Å². The molecule has 4 rings (SSSR count).